The summed E-state index contributed by atoms with van der Waals surface area (Å²) in [6.45, 7) is 2.60. The highest BCUT2D eigenvalue weighted by Crippen LogP contribution is 2.34. The Hall–Kier alpha value is -2.55. The minimum Gasteiger partial charge on any atom is -0.332 e. The van der Waals surface area contributed by atoms with Crippen LogP contribution in [0.15, 0.2) is 30.5 Å². The molecule has 0 fully saturated rings. The lowest BCUT2D eigenvalue weighted by Crippen LogP contribution is -2.36. The summed E-state index contributed by atoms with van der Waals surface area (Å²) in [7, 11) is 1.24. The summed E-state index contributed by atoms with van der Waals surface area (Å²) >= 11 is 5.94. The predicted octanol–water partition coefficient (Wildman–Crippen LogP) is 3.85. The van der Waals surface area contributed by atoms with Crippen LogP contribution in [0.3, 0.4) is 0 Å². The molecule has 0 atom stereocenters. The number of carbonyl (C=O) groups excluding carboxylic acids is 2. The Balaban J connectivity index is 2.18. The van der Waals surface area contributed by atoms with E-state index in [-0.39, 0.29) is 0 Å². The van der Waals surface area contributed by atoms with Gasteiger partial charge in [-0.1, -0.05) is 23.7 Å². The first kappa shape index (κ1) is 20.8. The zero-order valence-corrected chi connectivity index (χ0v) is 15.6. The molecule has 0 radical (unpaired) electrons. The molecule has 1 aromatic heterocycles. The quantitative estimate of drug-likeness (QED) is 0.826. The first-order valence-electron chi connectivity index (χ1n) is 7.97. The van der Waals surface area contributed by atoms with Gasteiger partial charge in [-0.3, -0.25) is 14.3 Å². The van der Waals surface area contributed by atoms with E-state index in [1.165, 1.54) is 20.9 Å². The Morgan fingerprint density at radius 1 is 1.30 bits per heavy atom. The van der Waals surface area contributed by atoms with Gasteiger partial charge in [0.25, 0.3) is 5.91 Å². The fourth-order valence-corrected chi connectivity index (χ4v) is 2.62. The molecular formula is C17H18ClF3N4O2. The van der Waals surface area contributed by atoms with Gasteiger partial charge in [0.2, 0.25) is 5.91 Å². The zero-order chi connectivity index (χ0) is 20.4. The molecule has 0 aliphatic rings. The summed E-state index contributed by atoms with van der Waals surface area (Å²) in [5.41, 5.74) is -1.40. The van der Waals surface area contributed by atoms with Crippen LogP contribution in [-0.2, 0) is 11.0 Å². The van der Waals surface area contributed by atoms with E-state index in [2.05, 4.69) is 10.4 Å². The molecule has 1 N–H and O–H groups in total. The number of benzene rings is 1. The first-order chi connectivity index (χ1) is 12.5. The first-order valence-corrected chi connectivity index (χ1v) is 8.34. The maximum Gasteiger partial charge on any atom is 0.433 e. The second-order valence-electron chi connectivity index (χ2n) is 6.13. The van der Waals surface area contributed by atoms with Gasteiger partial charge in [-0.25, -0.2) is 0 Å². The van der Waals surface area contributed by atoms with Crippen molar-refractivity contribution in [3.05, 3.63) is 46.7 Å². The molecule has 146 valence electrons. The van der Waals surface area contributed by atoms with E-state index in [0.717, 1.165) is 15.8 Å². The molecule has 0 spiro atoms. The third-order valence-corrected chi connectivity index (χ3v) is 3.99. The predicted molar refractivity (Wildman–Crippen MR) is 94.7 cm³/mol. The number of alkyl halides is 3. The van der Waals surface area contributed by atoms with E-state index < -0.39 is 41.8 Å². The second kappa shape index (κ2) is 7.99. The van der Waals surface area contributed by atoms with Gasteiger partial charge in [0.1, 0.15) is 0 Å². The molecule has 0 aliphatic carbocycles. The highest BCUT2D eigenvalue weighted by molar-refractivity contribution is 6.33. The second-order valence-corrected chi connectivity index (χ2v) is 6.54. The van der Waals surface area contributed by atoms with Gasteiger partial charge in [0.15, 0.2) is 5.69 Å². The van der Waals surface area contributed by atoms with Crippen LogP contribution in [0.25, 0.3) is 0 Å². The van der Waals surface area contributed by atoms with Gasteiger partial charge in [-0.15, -0.1) is 0 Å². The molecule has 0 bridgehead atoms. The Labute approximate surface area is 158 Å². The Morgan fingerprint density at radius 3 is 2.48 bits per heavy atom. The van der Waals surface area contributed by atoms with Crippen LogP contribution < -0.4 is 5.32 Å². The molecule has 2 rings (SSSR count). The molecule has 1 heterocycles. The number of aromatic nitrogens is 2. The van der Waals surface area contributed by atoms with Crippen molar-refractivity contribution >= 4 is 29.1 Å². The third kappa shape index (κ3) is 4.79. The molecule has 2 amide bonds. The van der Waals surface area contributed by atoms with Gasteiger partial charge in [-0.2, -0.15) is 18.3 Å². The van der Waals surface area contributed by atoms with Crippen molar-refractivity contribution in [2.75, 3.05) is 18.9 Å². The van der Waals surface area contributed by atoms with E-state index in [4.69, 9.17) is 11.6 Å². The van der Waals surface area contributed by atoms with E-state index in [1.807, 2.05) is 0 Å². The number of carbonyl (C=O) groups is 2. The average Bonchev–Trinajstić information content (AvgIpc) is 3.01. The van der Waals surface area contributed by atoms with E-state index in [9.17, 15) is 22.8 Å². The lowest BCUT2D eigenvalue weighted by atomic mass is 10.2. The Morgan fingerprint density at radius 2 is 1.93 bits per heavy atom. The number of nitrogens with zero attached hydrogens (tertiary/aromatic N) is 3. The van der Waals surface area contributed by atoms with Crippen molar-refractivity contribution in [3.8, 4) is 0 Å². The van der Waals surface area contributed by atoms with Crippen LogP contribution >= 0.6 is 11.6 Å². The van der Waals surface area contributed by atoms with Crippen LogP contribution in [0.4, 0.5) is 18.9 Å². The largest absolute Gasteiger partial charge is 0.433 e. The van der Waals surface area contributed by atoms with E-state index >= 15 is 0 Å². The normalized spacial score (nSPS) is 11.6. The van der Waals surface area contributed by atoms with Crippen LogP contribution in [0.1, 0.15) is 35.9 Å². The molecule has 0 aliphatic heterocycles. The number of anilines is 1. The summed E-state index contributed by atoms with van der Waals surface area (Å²) in [5, 5.41) is 6.49. The van der Waals surface area contributed by atoms with Crippen LogP contribution in [0.2, 0.25) is 5.02 Å². The maximum absolute atomic E-state index is 13.4. The molecule has 1 aromatic carbocycles. The topological polar surface area (TPSA) is 67.2 Å². The number of hydrogen-bond donors (Lipinski definition) is 1. The van der Waals surface area contributed by atoms with Crippen molar-refractivity contribution in [1.82, 2.24) is 14.7 Å². The lowest BCUT2D eigenvalue weighted by Gasteiger charge is -2.19. The number of hydrogen-bond acceptors (Lipinski definition) is 3. The molecule has 0 saturated carbocycles. The number of likely N-dealkylation sites (N-methyl/N-ethyl adjacent to an activating group) is 1. The summed E-state index contributed by atoms with van der Waals surface area (Å²) in [6, 6.07) is 5.89. The molecule has 10 heteroatoms. The SMILES string of the molecule is CC(C)n1ncc(C(=O)N(C)CC(=O)Nc2ccccc2Cl)c1C(F)(F)F. The van der Waals surface area contributed by atoms with Gasteiger partial charge in [0.05, 0.1) is 29.0 Å². The summed E-state index contributed by atoms with van der Waals surface area (Å²) in [6.07, 6.45) is -3.89. The lowest BCUT2D eigenvalue weighted by molar-refractivity contribution is -0.145. The highest BCUT2D eigenvalue weighted by Gasteiger charge is 2.41. The van der Waals surface area contributed by atoms with Crippen molar-refractivity contribution in [3.63, 3.8) is 0 Å². The summed E-state index contributed by atoms with van der Waals surface area (Å²) in [4.78, 5) is 25.5. The molecule has 27 heavy (non-hydrogen) atoms. The fourth-order valence-electron chi connectivity index (χ4n) is 2.44. The van der Waals surface area contributed by atoms with Gasteiger partial charge >= 0.3 is 6.18 Å². The van der Waals surface area contributed by atoms with Gasteiger partial charge < -0.3 is 10.2 Å². The third-order valence-electron chi connectivity index (χ3n) is 3.66. The van der Waals surface area contributed by atoms with E-state index in [0.29, 0.717) is 10.7 Å². The minimum absolute atomic E-state index is 0.303. The van der Waals surface area contributed by atoms with Crippen LogP contribution in [0.5, 0.6) is 0 Å². The number of amides is 2. The molecule has 2 aromatic rings. The fraction of sp³-hybridized carbons (Fsp3) is 0.353. The molecular weight excluding hydrogens is 385 g/mol. The van der Waals surface area contributed by atoms with Crippen molar-refractivity contribution < 1.29 is 22.8 Å². The number of halogens is 4. The van der Waals surface area contributed by atoms with Crippen LogP contribution in [0, 0.1) is 0 Å². The number of para-hydroxylation sites is 1. The monoisotopic (exact) mass is 402 g/mol. The average molecular weight is 403 g/mol. The van der Waals surface area contributed by atoms with Crippen molar-refractivity contribution in [2.24, 2.45) is 0 Å². The highest BCUT2D eigenvalue weighted by atomic mass is 35.5. The summed E-state index contributed by atoms with van der Waals surface area (Å²) in [5.74, 6) is -1.55. The molecule has 6 nitrogen and oxygen atoms in total. The molecule has 0 saturated heterocycles. The maximum atomic E-state index is 13.4. The van der Waals surface area contributed by atoms with Crippen molar-refractivity contribution in [1.29, 1.82) is 0 Å². The Kier molecular flexibility index (Phi) is 6.15. The standard InChI is InChI=1S/C17H18ClF3N4O2/c1-10(2)25-15(17(19,20)21)11(8-22-25)16(27)24(3)9-14(26)23-13-7-5-4-6-12(13)18/h4-8,10H,9H2,1-3H3,(H,23,26). The smallest absolute Gasteiger partial charge is 0.332 e. The minimum atomic E-state index is -4.76. The number of nitrogens with one attached hydrogen (secondary N) is 1. The van der Waals surface area contributed by atoms with Crippen LogP contribution in [-0.4, -0.2) is 40.1 Å². The zero-order valence-electron chi connectivity index (χ0n) is 14.8. The van der Waals surface area contributed by atoms with Gasteiger partial charge in [0, 0.05) is 13.1 Å². The van der Waals surface area contributed by atoms with Gasteiger partial charge in [-0.05, 0) is 26.0 Å². The number of rotatable bonds is 5. The van der Waals surface area contributed by atoms with Crippen molar-refractivity contribution in [2.45, 2.75) is 26.1 Å². The Bertz CT molecular complexity index is 849. The van der Waals surface area contributed by atoms with E-state index in [1.54, 1.807) is 24.3 Å². The summed E-state index contributed by atoms with van der Waals surface area (Å²) < 4.78 is 40.9. The molecule has 0 unspecified atom stereocenters.